The Morgan fingerprint density at radius 2 is 1.96 bits per heavy atom. The van der Waals surface area contributed by atoms with Crippen molar-refractivity contribution >= 4 is 8.32 Å². The first-order chi connectivity index (χ1) is 11.5. The number of aromatic nitrogens is 2. The number of nitrogens with zero attached hydrogens (tertiary/aromatic N) is 1. The van der Waals surface area contributed by atoms with Crippen molar-refractivity contribution in [1.29, 1.82) is 0 Å². The van der Waals surface area contributed by atoms with Crippen LogP contribution >= 0.6 is 0 Å². The van der Waals surface area contributed by atoms with Crippen LogP contribution in [0, 0.1) is 0 Å². The van der Waals surface area contributed by atoms with Crippen LogP contribution in [0.15, 0.2) is 21.9 Å². The highest BCUT2D eigenvalue weighted by molar-refractivity contribution is 6.74. The summed E-state index contributed by atoms with van der Waals surface area (Å²) in [5.74, 6) is 0. The van der Waals surface area contributed by atoms with E-state index in [1.54, 1.807) is 0 Å². The van der Waals surface area contributed by atoms with Crippen LogP contribution in [-0.4, -0.2) is 55.0 Å². The fourth-order valence-electron chi connectivity index (χ4n) is 2.62. The number of aliphatic hydroxyl groups is 1. The first kappa shape index (κ1) is 20.1. The van der Waals surface area contributed by atoms with Gasteiger partial charge >= 0.3 is 5.69 Å². The Labute approximate surface area is 147 Å². The van der Waals surface area contributed by atoms with Gasteiger partial charge in [0.05, 0.1) is 6.61 Å². The summed E-state index contributed by atoms with van der Waals surface area (Å²) in [6, 6.07) is 1.24. The Bertz CT molecular complexity index is 708. The molecule has 1 aliphatic heterocycles. The summed E-state index contributed by atoms with van der Waals surface area (Å²) in [6.07, 6.45) is -1.15. The van der Waals surface area contributed by atoms with Crippen LogP contribution in [0.25, 0.3) is 0 Å². The van der Waals surface area contributed by atoms with Gasteiger partial charge in [0.15, 0.2) is 14.5 Å². The van der Waals surface area contributed by atoms with E-state index in [-0.39, 0.29) is 11.6 Å². The number of methoxy groups -OCH3 is 1. The highest BCUT2D eigenvalue weighted by Crippen LogP contribution is 2.41. The molecule has 1 fully saturated rings. The summed E-state index contributed by atoms with van der Waals surface area (Å²) >= 11 is 0. The molecule has 8 nitrogen and oxygen atoms in total. The molecule has 1 aromatic rings. The van der Waals surface area contributed by atoms with E-state index in [1.165, 1.54) is 23.9 Å². The third-order valence-electron chi connectivity index (χ3n) is 5.10. The van der Waals surface area contributed by atoms with E-state index in [9.17, 15) is 14.7 Å². The molecule has 2 N–H and O–H groups in total. The van der Waals surface area contributed by atoms with Gasteiger partial charge in [-0.25, -0.2) is 4.79 Å². The van der Waals surface area contributed by atoms with Gasteiger partial charge in [-0.1, -0.05) is 20.8 Å². The Kier molecular flexibility index (Phi) is 5.74. The second kappa shape index (κ2) is 7.16. The minimum absolute atomic E-state index is 0.0296. The molecule has 0 aromatic carbocycles. The number of ether oxygens (including phenoxy) is 2. The van der Waals surface area contributed by atoms with Crippen LogP contribution in [0.1, 0.15) is 27.0 Å². The molecule has 0 radical (unpaired) electrons. The van der Waals surface area contributed by atoms with Gasteiger partial charge < -0.3 is 19.0 Å². The zero-order valence-electron chi connectivity index (χ0n) is 15.6. The van der Waals surface area contributed by atoms with Crippen molar-refractivity contribution in [2.24, 2.45) is 0 Å². The lowest BCUT2D eigenvalue weighted by molar-refractivity contribution is -0.0625. The van der Waals surface area contributed by atoms with Gasteiger partial charge in [-0.3, -0.25) is 14.3 Å². The van der Waals surface area contributed by atoms with E-state index in [1.807, 2.05) is 0 Å². The molecule has 0 saturated carbocycles. The molecular weight excluding hydrogens is 344 g/mol. The number of nitrogens with one attached hydrogen (secondary N) is 1. The van der Waals surface area contributed by atoms with Gasteiger partial charge in [0.2, 0.25) is 0 Å². The van der Waals surface area contributed by atoms with Gasteiger partial charge in [0.25, 0.3) is 5.56 Å². The van der Waals surface area contributed by atoms with Crippen LogP contribution < -0.4 is 11.2 Å². The summed E-state index contributed by atoms with van der Waals surface area (Å²) < 4.78 is 19.1. The molecule has 142 valence electrons. The van der Waals surface area contributed by atoms with Crippen molar-refractivity contribution in [1.82, 2.24) is 9.55 Å². The van der Waals surface area contributed by atoms with Crippen LogP contribution in [0.2, 0.25) is 18.1 Å². The quantitative estimate of drug-likeness (QED) is 0.742. The Morgan fingerprint density at radius 1 is 1.32 bits per heavy atom. The third-order valence-corrected chi connectivity index (χ3v) is 9.57. The number of hydrogen-bond acceptors (Lipinski definition) is 6. The van der Waals surface area contributed by atoms with Crippen molar-refractivity contribution in [3.8, 4) is 0 Å². The summed E-state index contributed by atoms with van der Waals surface area (Å²) in [6.45, 7) is 10.3. The predicted octanol–water partition coefficient (Wildman–Crippen LogP) is 0.832. The van der Waals surface area contributed by atoms with Crippen molar-refractivity contribution in [2.75, 3.05) is 13.7 Å². The maximum Gasteiger partial charge on any atom is 0.330 e. The van der Waals surface area contributed by atoms with E-state index in [0.29, 0.717) is 0 Å². The number of hydrogen-bond donors (Lipinski definition) is 2. The molecule has 1 aliphatic rings. The van der Waals surface area contributed by atoms with E-state index >= 15 is 0 Å². The first-order valence-corrected chi connectivity index (χ1v) is 11.2. The van der Waals surface area contributed by atoms with Crippen molar-refractivity contribution in [3.05, 3.63) is 33.1 Å². The molecule has 2 heterocycles. The van der Waals surface area contributed by atoms with Crippen LogP contribution in [0.5, 0.6) is 0 Å². The van der Waals surface area contributed by atoms with Crippen molar-refractivity contribution in [3.63, 3.8) is 0 Å². The normalized spacial score (nSPS) is 27.6. The molecule has 0 amide bonds. The van der Waals surface area contributed by atoms with Gasteiger partial charge in [0.1, 0.15) is 18.3 Å². The lowest BCUT2D eigenvalue weighted by Crippen LogP contribution is -2.50. The zero-order chi connectivity index (χ0) is 19.0. The number of aromatic amines is 1. The largest absolute Gasteiger partial charge is 0.408 e. The summed E-state index contributed by atoms with van der Waals surface area (Å²) in [7, 11) is -0.642. The molecule has 2 rings (SSSR count). The smallest absolute Gasteiger partial charge is 0.330 e. The molecule has 9 heteroatoms. The van der Waals surface area contributed by atoms with E-state index < -0.39 is 44.1 Å². The monoisotopic (exact) mass is 372 g/mol. The minimum Gasteiger partial charge on any atom is -0.408 e. The molecule has 1 unspecified atom stereocenters. The number of H-pyrrole nitrogens is 1. The van der Waals surface area contributed by atoms with Crippen LogP contribution in [0.4, 0.5) is 0 Å². The topological polar surface area (TPSA) is 103 Å². The molecule has 0 aliphatic carbocycles. The maximum absolute atomic E-state index is 12.1. The van der Waals surface area contributed by atoms with E-state index in [4.69, 9.17) is 13.9 Å². The summed E-state index contributed by atoms with van der Waals surface area (Å²) in [5, 5.41) is 9.71. The van der Waals surface area contributed by atoms with Crippen LogP contribution in [0.3, 0.4) is 0 Å². The third kappa shape index (κ3) is 3.95. The fraction of sp³-hybridized carbons (Fsp3) is 0.750. The van der Waals surface area contributed by atoms with Gasteiger partial charge in [-0.15, -0.1) is 0 Å². The van der Waals surface area contributed by atoms with Gasteiger partial charge in [-0.05, 0) is 18.1 Å². The Hall–Kier alpha value is -1.26. The Balaban J connectivity index is 2.38. The average Bonchev–Trinajstić information content (AvgIpc) is 2.82. The average molecular weight is 372 g/mol. The van der Waals surface area contributed by atoms with E-state index in [0.717, 1.165) is 0 Å². The van der Waals surface area contributed by atoms with E-state index in [2.05, 4.69) is 38.8 Å². The second-order valence-corrected chi connectivity index (χ2v) is 12.6. The standard InChI is InChI=1S/C16H28N2O6Si/c1-16(2,3)25(5,6)24-12-10(9-19)23-14(13(12)22-4)18-8-7-11(20)17-15(18)21/h7-8,10,12-14,19H,9H2,1-6H3,(H,17,20,21)/t10-,12?,13-,14-/m1/s1. The summed E-state index contributed by atoms with van der Waals surface area (Å²) in [5.41, 5.74) is -1.08. The zero-order valence-corrected chi connectivity index (χ0v) is 16.6. The van der Waals surface area contributed by atoms with Gasteiger partial charge in [-0.2, -0.15) is 0 Å². The predicted molar refractivity (Wildman–Crippen MR) is 95.2 cm³/mol. The molecular formula is C16H28N2O6Si. The number of rotatable bonds is 5. The van der Waals surface area contributed by atoms with Crippen molar-refractivity contribution < 1.29 is 19.0 Å². The SMILES string of the molecule is CO[C@@H]1C(O[Si](C)(C)C(C)(C)C)[C@@H](CO)O[C@H]1n1ccc(=O)[nH]c1=O. The maximum atomic E-state index is 12.1. The molecule has 4 atom stereocenters. The van der Waals surface area contributed by atoms with Crippen LogP contribution in [-0.2, 0) is 13.9 Å². The molecule has 25 heavy (non-hydrogen) atoms. The van der Waals surface area contributed by atoms with Gasteiger partial charge in [0, 0.05) is 19.4 Å². The lowest BCUT2D eigenvalue weighted by Gasteiger charge is -2.40. The summed E-state index contributed by atoms with van der Waals surface area (Å²) in [4.78, 5) is 25.6. The fourth-order valence-corrected chi connectivity index (χ4v) is 3.94. The Morgan fingerprint density at radius 3 is 2.44 bits per heavy atom. The number of aliphatic hydroxyl groups excluding tert-OH is 1. The highest BCUT2D eigenvalue weighted by Gasteiger charge is 2.51. The lowest BCUT2D eigenvalue weighted by atomic mass is 10.1. The molecule has 1 aromatic heterocycles. The first-order valence-electron chi connectivity index (χ1n) is 8.30. The molecule has 0 spiro atoms. The second-order valence-electron chi connectivity index (χ2n) is 7.81. The molecule has 0 bridgehead atoms. The minimum atomic E-state index is -2.16. The van der Waals surface area contributed by atoms with Crippen molar-refractivity contribution in [2.45, 2.75) is 63.4 Å². The molecule has 1 saturated heterocycles. The highest BCUT2D eigenvalue weighted by atomic mass is 28.4.